The van der Waals surface area contributed by atoms with Crippen molar-refractivity contribution in [2.45, 2.75) is 64.3 Å². The van der Waals surface area contributed by atoms with Crippen LogP contribution in [0.5, 0.6) is 0 Å². The van der Waals surface area contributed by atoms with Gasteiger partial charge >= 0.3 is 5.97 Å². The van der Waals surface area contributed by atoms with Crippen LogP contribution in [0.25, 0.3) is 0 Å². The van der Waals surface area contributed by atoms with Crippen LogP contribution >= 0.6 is 11.3 Å². The Bertz CT molecular complexity index is 632. The number of rotatable bonds is 3. The van der Waals surface area contributed by atoms with Gasteiger partial charge in [0.25, 0.3) is 0 Å². The van der Waals surface area contributed by atoms with Crippen molar-refractivity contribution >= 4 is 28.3 Å². The van der Waals surface area contributed by atoms with Gasteiger partial charge in [0.15, 0.2) is 5.13 Å². The van der Waals surface area contributed by atoms with Crippen molar-refractivity contribution in [3.05, 3.63) is 10.6 Å². The quantitative estimate of drug-likeness (QED) is 0.814. The molecule has 1 aromatic rings. The number of anilines is 1. The van der Waals surface area contributed by atoms with Crippen molar-refractivity contribution in [1.29, 1.82) is 0 Å². The topological polar surface area (TPSA) is 94.3 Å². The molecule has 134 valence electrons. The molecule has 0 aliphatic heterocycles. The number of methoxy groups -OCH3 is 1. The monoisotopic (exact) mass is 353 g/mol. The smallest absolute Gasteiger partial charge is 0.350 e. The normalized spacial score (nSPS) is 24.5. The van der Waals surface area contributed by atoms with Crippen LogP contribution in [0.3, 0.4) is 0 Å². The van der Waals surface area contributed by atoms with E-state index < -0.39 is 11.5 Å². The molecule has 0 bridgehead atoms. The molecule has 0 radical (unpaired) electrons. The van der Waals surface area contributed by atoms with Gasteiger partial charge in [0.05, 0.1) is 18.7 Å². The number of ether oxygens (including phenoxy) is 1. The first-order chi connectivity index (χ1) is 11.1. The molecule has 3 N–H and O–H groups in total. The predicted molar refractivity (Wildman–Crippen MR) is 95.3 cm³/mol. The highest BCUT2D eigenvalue weighted by molar-refractivity contribution is 7.17. The van der Waals surface area contributed by atoms with Gasteiger partial charge < -0.3 is 15.8 Å². The highest BCUT2D eigenvalue weighted by Crippen LogP contribution is 2.35. The average Bonchev–Trinajstić information content (AvgIpc) is 2.89. The molecule has 1 aliphatic carbocycles. The summed E-state index contributed by atoms with van der Waals surface area (Å²) in [5.74, 6) is -0.792. The van der Waals surface area contributed by atoms with Crippen LogP contribution < -0.4 is 11.1 Å². The van der Waals surface area contributed by atoms with Crippen LogP contribution in [0.15, 0.2) is 0 Å². The molecule has 2 unspecified atom stereocenters. The van der Waals surface area contributed by atoms with Gasteiger partial charge in [-0.25, -0.2) is 9.78 Å². The Morgan fingerprint density at radius 1 is 1.38 bits per heavy atom. The van der Waals surface area contributed by atoms with E-state index >= 15 is 0 Å². The van der Waals surface area contributed by atoms with Gasteiger partial charge in [0.1, 0.15) is 4.88 Å². The van der Waals surface area contributed by atoms with Gasteiger partial charge in [-0.3, -0.25) is 4.79 Å². The summed E-state index contributed by atoms with van der Waals surface area (Å²) in [6.45, 7) is 7.84. The Labute approximate surface area is 147 Å². The molecule has 1 amide bonds. The number of hydrogen-bond acceptors (Lipinski definition) is 6. The third-order valence-corrected chi connectivity index (χ3v) is 5.46. The Morgan fingerprint density at radius 2 is 2.04 bits per heavy atom. The number of carbonyl (C=O) groups excluding carboxylic acids is 2. The van der Waals surface area contributed by atoms with Gasteiger partial charge in [-0.05, 0) is 19.8 Å². The first-order valence-corrected chi connectivity index (χ1v) is 9.07. The summed E-state index contributed by atoms with van der Waals surface area (Å²) in [6, 6.07) is 0. The van der Waals surface area contributed by atoms with Gasteiger partial charge in [0.2, 0.25) is 5.91 Å². The van der Waals surface area contributed by atoms with E-state index in [-0.39, 0.29) is 17.2 Å². The van der Waals surface area contributed by atoms with Crippen LogP contribution in [0, 0.1) is 5.92 Å². The summed E-state index contributed by atoms with van der Waals surface area (Å²) < 4.78 is 4.84. The predicted octanol–water partition coefficient (Wildman–Crippen LogP) is 3.07. The molecule has 1 aromatic heterocycles. The number of thiazole rings is 1. The second kappa shape index (κ2) is 6.80. The van der Waals surface area contributed by atoms with Crippen LogP contribution in [0.1, 0.15) is 68.7 Å². The number of amides is 1. The minimum absolute atomic E-state index is 0.120. The van der Waals surface area contributed by atoms with Crippen molar-refractivity contribution in [3.63, 3.8) is 0 Å². The maximum absolute atomic E-state index is 12.7. The molecule has 1 aliphatic rings. The van der Waals surface area contributed by atoms with Crippen LogP contribution in [0.4, 0.5) is 5.13 Å². The molecule has 0 aromatic carbocycles. The van der Waals surface area contributed by atoms with E-state index in [1.54, 1.807) is 0 Å². The minimum Gasteiger partial charge on any atom is -0.465 e. The molecule has 0 spiro atoms. The van der Waals surface area contributed by atoms with E-state index in [9.17, 15) is 9.59 Å². The Hall–Kier alpha value is -1.47. The van der Waals surface area contributed by atoms with E-state index in [2.05, 4.69) is 10.3 Å². The first-order valence-electron chi connectivity index (χ1n) is 8.25. The Kier molecular flexibility index (Phi) is 5.34. The van der Waals surface area contributed by atoms with E-state index in [1.165, 1.54) is 7.11 Å². The summed E-state index contributed by atoms with van der Waals surface area (Å²) >= 11 is 1.15. The number of nitrogens with zero attached hydrogens (tertiary/aromatic N) is 1. The molecule has 2 rings (SSSR count). The highest BCUT2D eigenvalue weighted by Gasteiger charge is 2.38. The van der Waals surface area contributed by atoms with Crippen molar-refractivity contribution in [3.8, 4) is 0 Å². The van der Waals surface area contributed by atoms with Gasteiger partial charge in [0, 0.05) is 11.0 Å². The molecule has 1 saturated carbocycles. The van der Waals surface area contributed by atoms with Crippen molar-refractivity contribution < 1.29 is 14.3 Å². The molecular formula is C17H27N3O3S. The summed E-state index contributed by atoms with van der Waals surface area (Å²) in [5.41, 5.74) is 6.11. The third-order valence-electron chi connectivity index (χ3n) is 4.51. The largest absolute Gasteiger partial charge is 0.465 e. The minimum atomic E-state index is -0.502. The average molecular weight is 353 g/mol. The fourth-order valence-electron chi connectivity index (χ4n) is 3.09. The van der Waals surface area contributed by atoms with Crippen molar-refractivity contribution in [2.24, 2.45) is 11.7 Å². The van der Waals surface area contributed by atoms with Crippen LogP contribution in [0.2, 0.25) is 0 Å². The lowest BCUT2D eigenvalue weighted by molar-refractivity contribution is -0.122. The number of nitrogens with one attached hydrogen (secondary N) is 1. The molecule has 24 heavy (non-hydrogen) atoms. The van der Waals surface area contributed by atoms with Crippen molar-refractivity contribution in [1.82, 2.24) is 4.98 Å². The summed E-state index contributed by atoms with van der Waals surface area (Å²) in [6.07, 6.45) is 3.67. The number of carbonyl (C=O) groups is 2. The van der Waals surface area contributed by atoms with Crippen LogP contribution in [-0.4, -0.2) is 29.5 Å². The number of esters is 1. The zero-order valence-electron chi connectivity index (χ0n) is 15.1. The second-order valence-corrected chi connectivity index (χ2v) is 8.73. The molecule has 2 atom stereocenters. The lowest BCUT2D eigenvalue weighted by Crippen LogP contribution is -2.51. The SMILES string of the molecule is COC(=O)c1sc(NC(=O)C2CCCCC2(C)N)nc1C(C)(C)C. The Morgan fingerprint density at radius 3 is 2.58 bits per heavy atom. The van der Waals surface area contributed by atoms with Gasteiger partial charge in [-0.1, -0.05) is 44.9 Å². The zero-order valence-corrected chi connectivity index (χ0v) is 15.9. The summed E-state index contributed by atoms with van der Waals surface area (Å²) in [4.78, 5) is 29.6. The zero-order chi connectivity index (χ0) is 18.1. The molecule has 0 saturated heterocycles. The molecule has 1 heterocycles. The molecule has 1 fully saturated rings. The lowest BCUT2D eigenvalue weighted by Gasteiger charge is -2.36. The van der Waals surface area contributed by atoms with E-state index in [0.29, 0.717) is 15.7 Å². The standard InChI is InChI=1S/C17H27N3O3S/c1-16(2,3)12-11(14(22)23-5)24-15(19-12)20-13(21)10-8-6-7-9-17(10,4)18/h10H,6-9,18H2,1-5H3,(H,19,20,21). The molecule has 6 nitrogen and oxygen atoms in total. The van der Waals surface area contributed by atoms with E-state index in [0.717, 1.165) is 37.0 Å². The molecule has 7 heteroatoms. The lowest BCUT2D eigenvalue weighted by atomic mass is 9.74. The Balaban J connectivity index is 2.25. The first kappa shape index (κ1) is 18.9. The molecular weight excluding hydrogens is 326 g/mol. The fourth-order valence-corrected chi connectivity index (χ4v) is 4.19. The van der Waals surface area contributed by atoms with Gasteiger partial charge in [-0.15, -0.1) is 0 Å². The van der Waals surface area contributed by atoms with Crippen LogP contribution in [-0.2, 0) is 14.9 Å². The summed E-state index contributed by atoms with van der Waals surface area (Å²) in [5, 5.41) is 3.28. The van der Waals surface area contributed by atoms with E-state index in [1.807, 2.05) is 27.7 Å². The van der Waals surface area contributed by atoms with E-state index in [4.69, 9.17) is 10.5 Å². The second-order valence-electron chi connectivity index (χ2n) is 7.73. The maximum atomic E-state index is 12.7. The number of hydrogen-bond donors (Lipinski definition) is 2. The third kappa shape index (κ3) is 3.95. The fraction of sp³-hybridized carbons (Fsp3) is 0.706. The summed E-state index contributed by atoms with van der Waals surface area (Å²) in [7, 11) is 1.34. The maximum Gasteiger partial charge on any atom is 0.350 e. The number of aromatic nitrogens is 1. The van der Waals surface area contributed by atoms with Gasteiger partial charge in [-0.2, -0.15) is 0 Å². The van der Waals surface area contributed by atoms with Crippen molar-refractivity contribution in [2.75, 3.05) is 12.4 Å². The number of nitrogens with two attached hydrogens (primary N) is 1. The highest BCUT2D eigenvalue weighted by atomic mass is 32.1.